The highest BCUT2D eigenvalue weighted by molar-refractivity contribution is 8.01. The average Bonchev–Trinajstić information content (AvgIpc) is 2.82. The zero-order chi connectivity index (χ0) is 13.0. The molecule has 0 aliphatic carbocycles. The van der Waals surface area contributed by atoms with Gasteiger partial charge in [-0.15, -0.1) is 0 Å². The maximum atomic E-state index is 13.9. The van der Waals surface area contributed by atoms with Crippen molar-refractivity contribution in [1.82, 2.24) is 14.7 Å². The van der Waals surface area contributed by atoms with E-state index in [4.69, 9.17) is 0 Å². The van der Waals surface area contributed by atoms with Crippen LogP contribution in [0, 0.1) is 5.82 Å². The van der Waals surface area contributed by atoms with Crippen molar-refractivity contribution in [1.29, 1.82) is 0 Å². The third kappa shape index (κ3) is 3.07. The fourth-order valence-corrected chi connectivity index (χ4v) is 3.28. The summed E-state index contributed by atoms with van der Waals surface area (Å²) in [6.45, 7) is 2.64. The minimum Gasteiger partial charge on any atom is -0.316 e. The highest BCUT2D eigenvalue weighted by Gasteiger charge is 2.12. The molecule has 0 aliphatic rings. The SMILES string of the molecule is CCc1nsc(Sc2c(F)cccc2CNC)n1. The molecule has 0 radical (unpaired) electrons. The first-order valence-electron chi connectivity index (χ1n) is 5.67. The van der Waals surface area contributed by atoms with Gasteiger partial charge in [0, 0.05) is 13.0 Å². The summed E-state index contributed by atoms with van der Waals surface area (Å²) >= 11 is 2.67. The van der Waals surface area contributed by atoms with Gasteiger partial charge in [0.1, 0.15) is 11.6 Å². The van der Waals surface area contributed by atoms with Crippen molar-refractivity contribution in [2.24, 2.45) is 0 Å². The Balaban J connectivity index is 2.26. The van der Waals surface area contributed by atoms with Crippen LogP contribution in [0.2, 0.25) is 0 Å². The first kappa shape index (κ1) is 13.5. The molecule has 1 N–H and O–H groups in total. The van der Waals surface area contributed by atoms with Gasteiger partial charge in [-0.2, -0.15) is 4.37 Å². The molecule has 0 atom stereocenters. The molecule has 2 rings (SSSR count). The molecule has 0 bridgehead atoms. The predicted molar refractivity (Wildman–Crippen MR) is 72.6 cm³/mol. The number of hydrogen-bond acceptors (Lipinski definition) is 5. The maximum absolute atomic E-state index is 13.9. The van der Waals surface area contributed by atoms with Gasteiger partial charge >= 0.3 is 0 Å². The Morgan fingerprint density at radius 1 is 1.44 bits per heavy atom. The second kappa shape index (κ2) is 6.26. The summed E-state index contributed by atoms with van der Waals surface area (Å²) in [4.78, 5) is 4.98. The van der Waals surface area contributed by atoms with Crippen LogP contribution in [-0.2, 0) is 13.0 Å². The third-order valence-corrected chi connectivity index (χ3v) is 4.32. The molecule has 6 heteroatoms. The van der Waals surface area contributed by atoms with Crippen LogP contribution in [-0.4, -0.2) is 16.4 Å². The minimum absolute atomic E-state index is 0.207. The van der Waals surface area contributed by atoms with Crippen molar-refractivity contribution in [2.75, 3.05) is 7.05 Å². The van der Waals surface area contributed by atoms with E-state index in [1.807, 2.05) is 20.0 Å². The summed E-state index contributed by atoms with van der Waals surface area (Å²) < 4.78 is 18.8. The molecule has 0 saturated heterocycles. The van der Waals surface area contributed by atoms with Gasteiger partial charge in [0.05, 0.1) is 4.90 Å². The summed E-state index contributed by atoms with van der Waals surface area (Å²) in [7, 11) is 1.85. The molecule has 0 aliphatic heterocycles. The van der Waals surface area contributed by atoms with Gasteiger partial charge in [-0.1, -0.05) is 30.8 Å². The molecule has 18 heavy (non-hydrogen) atoms. The van der Waals surface area contributed by atoms with Crippen LogP contribution in [0.15, 0.2) is 27.4 Å². The van der Waals surface area contributed by atoms with Gasteiger partial charge < -0.3 is 5.32 Å². The lowest BCUT2D eigenvalue weighted by molar-refractivity contribution is 0.594. The van der Waals surface area contributed by atoms with Crippen molar-refractivity contribution in [2.45, 2.75) is 29.1 Å². The van der Waals surface area contributed by atoms with Gasteiger partial charge in [0.25, 0.3) is 0 Å². The lowest BCUT2D eigenvalue weighted by Gasteiger charge is -2.07. The van der Waals surface area contributed by atoms with Gasteiger partial charge in [0.2, 0.25) is 0 Å². The van der Waals surface area contributed by atoms with Crippen molar-refractivity contribution in [3.8, 4) is 0 Å². The molecule has 1 aromatic heterocycles. The largest absolute Gasteiger partial charge is 0.316 e. The van der Waals surface area contributed by atoms with Gasteiger partial charge in [0.15, 0.2) is 4.34 Å². The number of rotatable bonds is 5. The number of aryl methyl sites for hydroxylation is 1. The van der Waals surface area contributed by atoms with Crippen molar-refractivity contribution in [3.63, 3.8) is 0 Å². The fraction of sp³-hybridized carbons (Fsp3) is 0.333. The second-order valence-corrected chi connectivity index (χ2v) is 5.70. The van der Waals surface area contributed by atoms with E-state index < -0.39 is 0 Å². The Labute approximate surface area is 114 Å². The van der Waals surface area contributed by atoms with Crippen LogP contribution in [0.4, 0.5) is 4.39 Å². The number of hydrogen-bond donors (Lipinski definition) is 1. The number of aromatic nitrogens is 2. The molecular weight excluding hydrogens is 269 g/mol. The molecule has 0 fully saturated rings. The van der Waals surface area contributed by atoms with E-state index in [0.29, 0.717) is 11.4 Å². The highest BCUT2D eigenvalue weighted by Crippen LogP contribution is 2.33. The number of halogens is 1. The van der Waals surface area contributed by atoms with E-state index in [2.05, 4.69) is 14.7 Å². The van der Waals surface area contributed by atoms with Crippen molar-refractivity contribution >= 4 is 23.3 Å². The molecule has 1 heterocycles. The minimum atomic E-state index is -0.207. The van der Waals surface area contributed by atoms with E-state index in [9.17, 15) is 4.39 Å². The molecule has 3 nitrogen and oxygen atoms in total. The molecule has 1 aromatic carbocycles. The lowest BCUT2D eigenvalue weighted by Crippen LogP contribution is -2.06. The average molecular weight is 283 g/mol. The van der Waals surface area contributed by atoms with E-state index in [1.165, 1.54) is 29.4 Å². The number of benzene rings is 1. The van der Waals surface area contributed by atoms with Crippen LogP contribution in [0.1, 0.15) is 18.3 Å². The summed E-state index contributed by atoms with van der Waals surface area (Å²) in [5.41, 5.74) is 0.941. The Hall–Kier alpha value is -0.980. The zero-order valence-corrected chi connectivity index (χ0v) is 11.9. The molecule has 0 saturated carbocycles. The topological polar surface area (TPSA) is 37.8 Å². The Morgan fingerprint density at radius 2 is 2.28 bits per heavy atom. The number of nitrogens with zero attached hydrogens (tertiary/aromatic N) is 2. The first-order chi connectivity index (χ1) is 8.74. The maximum Gasteiger partial charge on any atom is 0.174 e. The van der Waals surface area contributed by atoms with Crippen LogP contribution >= 0.6 is 23.3 Å². The monoisotopic (exact) mass is 283 g/mol. The second-order valence-electron chi connectivity index (χ2n) is 3.69. The van der Waals surface area contributed by atoms with Crippen LogP contribution in [0.5, 0.6) is 0 Å². The van der Waals surface area contributed by atoms with E-state index in [-0.39, 0.29) is 5.82 Å². The molecule has 96 valence electrons. The molecular formula is C12H14FN3S2. The highest BCUT2D eigenvalue weighted by atomic mass is 32.2. The normalized spacial score (nSPS) is 10.8. The lowest BCUT2D eigenvalue weighted by atomic mass is 10.2. The standard InChI is InChI=1S/C12H14FN3S2/c1-3-10-15-12(18-16-10)17-11-8(7-14-2)5-4-6-9(11)13/h4-6,14H,3,7H2,1-2H3. The van der Waals surface area contributed by atoms with E-state index >= 15 is 0 Å². The number of nitrogens with one attached hydrogen (secondary N) is 1. The third-order valence-electron chi connectivity index (χ3n) is 2.37. The zero-order valence-electron chi connectivity index (χ0n) is 10.2. The smallest absolute Gasteiger partial charge is 0.174 e. The van der Waals surface area contributed by atoms with Crippen molar-refractivity contribution < 1.29 is 4.39 Å². The van der Waals surface area contributed by atoms with Crippen molar-refractivity contribution in [3.05, 3.63) is 35.4 Å². The summed E-state index contributed by atoms with van der Waals surface area (Å²) in [5, 5.41) is 3.04. The molecule has 0 amide bonds. The van der Waals surface area contributed by atoms with E-state index in [1.54, 1.807) is 6.07 Å². The van der Waals surface area contributed by atoms with E-state index in [0.717, 1.165) is 22.1 Å². The van der Waals surface area contributed by atoms with Gasteiger partial charge in [-0.05, 0) is 30.2 Å². The molecule has 0 unspecified atom stereocenters. The summed E-state index contributed by atoms with van der Waals surface area (Å²) in [5.74, 6) is 0.606. The van der Waals surface area contributed by atoms with Crippen LogP contribution in [0.25, 0.3) is 0 Å². The quantitative estimate of drug-likeness (QED) is 0.915. The molecule has 0 spiro atoms. The summed E-state index contributed by atoms with van der Waals surface area (Å²) in [6.07, 6.45) is 0.803. The Bertz CT molecular complexity index is 528. The fourth-order valence-electron chi connectivity index (χ4n) is 1.51. The molecule has 2 aromatic rings. The predicted octanol–water partition coefficient (Wildman–Crippen LogP) is 3.11. The van der Waals surface area contributed by atoms with Gasteiger partial charge in [-0.3, -0.25) is 0 Å². The van der Waals surface area contributed by atoms with Gasteiger partial charge in [-0.25, -0.2) is 9.37 Å². The Morgan fingerprint density at radius 3 is 2.94 bits per heavy atom. The van der Waals surface area contributed by atoms with Crippen LogP contribution < -0.4 is 5.32 Å². The first-order valence-corrected chi connectivity index (χ1v) is 7.26. The summed E-state index contributed by atoms with van der Waals surface area (Å²) in [6, 6.07) is 5.12. The Kier molecular flexibility index (Phi) is 4.68. The van der Waals surface area contributed by atoms with Crippen LogP contribution in [0.3, 0.4) is 0 Å².